The van der Waals surface area contributed by atoms with E-state index in [1.165, 1.54) is 32.4 Å². The molecule has 0 saturated heterocycles. The number of esters is 2. The second-order valence-electron chi connectivity index (χ2n) is 4.64. The molecule has 0 bridgehead atoms. The summed E-state index contributed by atoms with van der Waals surface area (Å²) in [4.78, 5) is 34.6. The molecule has 1 aromatic heterocycles. The van der Waals surface area contributed by atoms with Crippen molar-refractivity contribution in [1.82, 2.24) is 0 Å². The first kappa shape index (κ1) is 17.1. The Hall–Kier alpha value is -3.29. The van der Waals surface area contributed by atoms with Crippen LogP contribution in [0.3, 0.4) is 0 Å². The molecule has 0 unspecified atom stereocenters. The van der Waals surface area contributed by atoms with Crippen LogP contribution in [0.4, 0.5) is 5.69 Å². The van der Waals surface area contributed by atoms with Gasteiger partial charge in [0.1, 0.15) is 5.76 Å². The maximum Gasteiger partial charge on any atom is 0.371 e. The number of carbonyl (C=O) groups excluding carboxylic acids is 2. The van der Waals surface area contributed by atoms with E-state index < -0.39 is 17.9 Å². The van der Waals surface area contributed by atoms with Crippen LogP contribution in [0.15, 0.2) is 34.7 Å². The molecule has 1 heterocycles. The quantitative estimate of drug-likeness (QED) is 0.773. The molecule has 8 nitrogen and oxygen atoms in total. The fourth-order valence-electron chi connectivity index (χ4n) is 2.07. The van der Waals surface area contributed by atoms with Gasteiger partial charge >= 0.3 is 17.9 Å². The first-order valence-corrected chi connectivity index (χ1v) is 6.83. The number of carboxylic acid groups (broad SMARTS) is 1. The van der Waals surface area contributed by atoms with Gasteiger partial charge in [-0.15, -0.1) is 0 Å². The molecule has 1 aromatic carbocycles. The van der Waals surface area contributed by atoms with Crippen molar-refractivity contribution in [2.75, 3.05) is 19.5 Å². The number of anilines is 1. The van der Waals surface area contributed by atoms with Gasteiger partial charge in [0.15, 0.2) is 0 Å². The minimum absolute atomic E-state index is 0.0249. The van der Waals surface area contributed by atoms with Crippen molar-refractivity contribution < 1.29 is 33.4 Å². The van der Waals surface area contributed by atoms with Crippen LogP contribution in [0.1, 0.15) is 37.0 Å². The molecule has 0 saturated carbocycles. The number of ether oxygens (including phenoxy) is 2. The summed E-state index contributed by atoms with van der Waals surface area (Å²) < 4.78 is 14.5. The smallest absolute Gasteiger partial charge is 0.371 e. The van der Waals surface area contributed by atoms with Crippen LogP contribution >= 0.6 is 0 Å². The van der Waals surface area contributed by atoms with Gasteiger partial charge in [0, 0.05) is 5.69 Å². The third kappa shape index (κ3) is 3.54. The summed E-state index contributed by atoms with van der Waals surface area (Å²) in [5, 5.41) is 11.8. The molecular formula is C16H15NO7. The Kier molecular flexibility index (Phi) is 5.20. The molecule has 8 heteroatoms. The van der Waals surface area contributed by atoms with Gasteiger partial charge in [0.2, 0.25) is 5.76 Å². The molecule has 0 spiro atoms. The van der Waals surface area contributed by atoms with Crippen LogP contribution in [0.2, 0.25) is 0 Å². The van der Waals surface area contributed by atoms with Gasteiger partial charge in [-0.25, -0.2) is 14.4 Å². The standard InChI is InChI=1S/C16H15NO7/c1-22-15(20)10-4-3-5-11(13(10)16(21)23-2)17-8-9-6-7-12(24-9)14(18)19/h3-7,17H,8H2,1-2H3,(H,18,19). The molecule has 0 aliphatic heterocycles. The predicted octanol–water partition coefficient (Wildman–Crippen LogP) is 2.16. The SMILES string of the molecule is COC(=O)c1cccc(NCc2ccc(C(=O)O)o2)c1C(=O)OC. The Morgan fingerprint density at radius 3 is 2.38 bits per heavy atom. The number of carboxylic acids is 1. The molecule has 2 N–H and O–H groups in total. The number of benzene rings is 1. The number of hydrogen-bond donors (Lipinski definition) is 2. The van der Waals surface area contributed by atoms with Gasteiger partial charge in [0.25, 0.3) is 0 Å². The van der Waals surface area contributed by atoms with Crippen molar-refractivity contribution >= 4 is 23.6 Å². The van der Waals surface area contributed by atoms with Crippen LogP contribution in [0, 0.1) is 0 Å². The summed E-state index contributed by atoms with van der Waals surface area (Å²) in [6.45, 7) is 0.113. The van der Waals surface area contributed by atoms with E-state index in [1.54, 1.807) is 12.1 Å². The van der Waals surface area contributed by atoms with Crippen molar-refractivity contribution in [2.24, 2.45) is 0 Å². The van der Waals surface area contributed by atoms with E-state index in [2.05, 4.69) is 10.1 Å². The number of methoxy groups -OCH3 is 2. The second-order valence-corrected chi connectivity index (χ2v) is 4.64. The highest BCUT2D eigenvalue weighted by Crippen LogP contribution is 2.23. The van der Waals surface area contributed by atoms with Crippen molar-refractivity contribution in [3.63, 3.8) is 0 Å². The van der Waals surface area contributed by atoms with Crippen LogP contribution in [-0.2, 0) is 16.0 Å². The van der Waals surface area contributed by atoms with Crippen LogP contribution in [-0.4, -0.2) is 37.2 Å². The van der Waals surface area contributed by atoms with E-state index in [-0.39, 0.29) is 23.4 Å². The van der Waals surface area contributed by atoms with E-state index in [0.717, 1.165) is 0 Å². The number of hydrogen-bond acceptors (Lipinski definition) is 7. The maximum absolute atomic E-state index is 12.0. The van der Waals surface area contributed by atoms with Crippen molar-refractivity contribution in [2.45, 2.75) is 6.54 Å². The van der Waals surface area contributed by atoms with Gasteiger partial charge in [0.05, 0.1) is 31.9 Å². The second kappa shape index (κ2) is 7.32. The van der Waals surface area contributed by atoms with E-state index >= 15 is 0 Å². The van der Waals surface area contributed by atoms with Crippen LogP contribution in [0.25, 0.3) is 0 Å². The highest BCUT2D eigenvalue weighted by Gasteiger charge is 2.22. The molecule has 0 aliphatic carbocycles. The fraction of sp³-hybridized carbons (Fsp3) is 0.188. The average Bonchev–Trinajstić information content (AvgIpc) is 3.07. The maximum atomic E-state index is 12.0. The Balaban J connectivity index is 2.29. The number of carbonyl (C=O) groups is 3. The van der Waals surface area contributed by atoms with E-state index in [0.29, 0.717) is 11.4 Å². The highest BCUT2D eigenvalue weighted by atomic mass is 16.5. The summed E-state index contributed by atoms with van der Waals surface area (Å²) >= 11 is 0. The number of nitrogens with one attached hydrogen (secondary N) is 1. The summed E-state index contributed by atoms with van der Waals surface area (Å²) in [6.07, 6.45) is 0. The predicted molar refractivity (Wildman–Crippen MR) is 82.1 cm³/mol. The highest BCUT2D eigenvalue weighted by molar-refractivity contribution is 6.07. The lowest BCUT2D eigenvalue weighted by atomic mass is 10.1. The number of furan rings is 1. The first-order chi connectivity index (χ1) is 11.5. The number of aromatic carboxylic acids is 1. The van der Waals surface area contributed by atoms with Gasteiger partial charge in [-0.3, -0.25) is 0 Å². The molecule has 0 atom stereocenters. The van der Waals surface area contributed by atoms with Crippen LogP contribution < -0.4 is 5.32 Å². The van der Waals surface area contributed by atoms with Crippen molar-refractivity contribution in [3.8, 4) is 0 Å². The lowest BCUT2D eigenvalue weighted by Crippen LogP contribution is -2.15. The topological polar surface area (TPSA) is 115 Å². The molecule has 0 fully saturated rings. The van der Waals surface area contributed by atoms with E-state index in [9.17, 15) is 14.4 Å². The monoisotopic (exact) mass is 333 g/mol. The Bertz CT molecular complexity index is 778. The molecule has 126 valence electrons. The largest absolute Gasteiger partial charge is 0.475 e. The molecule has 2 rings (SSSR count). The van der Waals surface area contributed by atoms with E-state index in [4.69, 9.17) is 14.3 Å². The minimum atomic E-state index is -1.18. The Morgan fingerprint density at radius 1 is 1.08 bits per heavy atom. The van der Waals surface area contributed by atoms with Gasteiger partial charge in [-0.1, -0.05) is 6.07 Å². The minimum Gasteiger partial charge on any atom is -0.475 e. The van der Waals surface area contributed by atoms with Gasteiger partial charge in [-0.05, 0) is 24.3 Å². The summed E-state index contributed by atoms with van der Waals surface area (Å²) in [6, 6.07) is 7.42. The summed E-state index contributed by atoms with van der Waals surface area (Å²) in [5.41, 5.74) is 0.412. The summed E-state index contributed by atoms with van der Waals surface area (Å²) in [7, 11) is 2.41. The fourth-order valence-corrected chi connectivity index (χ4v) is 2.07. The first-order valence-electron chi connectivity index (χ1n) is 6.83. The zero-order valence-corrected chi connectivity index (χ0v) is 13.0. The van der Waals surface area contributed by atoms with Gasteiger partial charge < -0.3 is 24.3 Å². The molecule has 2 aromatic rings. The van der Waals surface area contributed by atoms with E-state index in [1.807, 2.05) is 0 Å². The third-order valence-corrected chi connectivity index (χ3v) is 3.18. The summed E-state index contributed by atoms with van der Waals surface area (Å²) in [5.74, 6) is -2.39. The normalized spacial score (nSPS) is 10.1. The lowest BCUT2D eigenvalue weighted by Gasteiger charge is -2.13. The molecule has 0 aliphatic rings. The van der Waals surface area contributed by atoms with Crippen LogP contribution in [0.5, 0.6) is 0 Å². The molecular weight excluding hydrogens is 318 g/mol. The van der Waals surface area contributed by atoms with Crippen molar-refractivity contribution in [1.29, 1.82) is 0 Å². The third-order valence-electron chi connectivity index (χ3n) is 3.18. The number of rotatable bonds is 6. The molecule has 24 heavy (non-hydrogen) atoms. The zero-order chi connectivity index (χ0) is 17.7. The van der Waals surface area contributed by atoms with Gasteiger partial charge in [-0.2, -0.15) is 0 Å². The molecule has 0 amide bonds. The molecule has 0 radical (unpaired) electrons. The Labute approximate surface area is 137 Å². The average molecular weight is 333 g/mol. The Morgan fingerprint density at radius 2 is 1.79 bits per heavy atom. The zero-order valence-electron chi connectivity index (χ0n) is 13.0. The lowest BCUT2D eigenvalue weighted by molar-refractivity contribution is 0.0556. The van der Waals surface area contributed by atoms with Crippen molar-refractivity contribution in [3.05, 3.63) is 53.0 Å².